The van der Waals surface area contributed by atoms with Gasteiger partial charge < -0.3 is 19.9 Å². The highest BCUT2D eigenvalue weighted by Crippen LogP contribution is 2.24. The first kappa shape index (κ1) is 22.3. The van der Waals surface area contributed by atoms with Gasteiger partial charge in [0.2, 0.25) is 5.91 Å². The third-order valence-electron chi connectivity index (χ3n) is 6.71. The summed E-state index contributed by atoms with van der Waals surface area (Å²) < 4.78 is 5.42. The van der Waals surface area contributed by atoms with Gasteiger partial charge in [0.25, 0.3) is 5.91 Å². The fourth-order valence-electron chi connectivity index (χ4n) is 4.83. The second-order valence-electron chi connectivity index (χ2n) is 8.96. The largest absolute Gasteiger partial charge is 0.378 e. The van der Waals surface area contributed by atoms with Crippen LogP contribution >= 0.6 is 0 Å². The number of morpholine rings is 1. The second-order valence-corrected chi connectivity index (χ2v) is 8.96. The number of fused-ring (bicyclic) bond motifs is 1. The fraction of sp³-hybridized carbons (Fsp3) is 0.370. The normalized spacial score (nSPS) is 18.6. The van der Waals surface area contributed by atoms with Gasteiger partial charge in [0.05, 0.1) is 19.1 Å². The van der Waals surface area contributed by atoms with E-state index in [1.807, 2.05) is 59.5 Å². The average molecular weight is 459 g/mol. The molecule has 2 aliphatic rings. The Morgan fingerprint density at radius 2 is 1.85 bits per heavy atom. The van der Waals surface area contributed by atoms with Crippen molar-refractivity contribution in [3.63, 3.8) is 0 Å². The van der Waals surface area contributed by atoms with E-state index in [0.717, 1.165) is 48.1 Å². The Morgan fingerprint density at radius 1 is 1.03 bits per heavy atom. The number of carbonyl (C=O) groups excluding carboxylic acids is 2. The number of rotatable bonds is 5. The van der Waals surface area contributed by atoms with Crippen molar-refractivity contribution in [1.82, 2.24) is 15.2 Å². The molecule has 3 heterocycles. The highest BCUT2D eigenvalue weighted by atomic mass is 16.5. The van der Waals surface area contributed by atoms with E-state index >= 15 is 0 Å². The van der Waals surface area contributed by atoms with Crippen LogP contribution in [0.15, 0.2) is 60.8 Å². The van der Waals surface area contributed by atoms with Crippen LogP contribution < -0.4 is 10.2 Å². The van der Waals surface area contributed by atoms with Crippen LogP contribution in [0.25, 0.3) is 10.8 Å². The average Bonchev–Trinajstić information content (AvgIpc) is 2.91. The maximum atomic E-state index is 13.3. The van der Waals surface area contributed by atoms with Gasteiger partial charge in [-0.05, 0) is 47.4 Å². The van der Waals surface area contributed by atoms with Crippen LogP contribution in [0.2, 0.25) is 0 Å². The van der Waals surface area contributed by atoms with Crippen LogP contribution in [-0.2, 0) is 16.1 Å². The number of aromatic nitrogens is 1. The molecule has 3 aromatic rings. The van der Waals surface area contributed by atoms with Crippen molar-refractivity contribution in [2.24, 2.45) is 5.92 Å². The van der Waals surface area contributed by atoms with Gasteiger partial charge in [-0.15, -0.1) is 0 Å². The zero-order valence-electron chi connectivity index (χ0n) is 19.3. The van der Waals surface area contributed by atoms with E-state index in [1.54, 1.807) is 6.20 Å². The number of benzene rings is 2. The van der Waals surface area contributed by atoms with Gasteiger partial charge in [0.1, 0.15) is 5.82 Å². The van der Waals surface area contributed by atoms with E-state index in [-0.39, 0.29) is 17.7 Å². The molecule has 1 N–H and O–H groups in total. The van der Waals surface area contributed by atoms with E-state index in [4.69, 9.17) is 4.74 Å². The molecular formula is C27H30N4O3. The lowest BCUT2D eigenvalue weighted by molar-refractivity contribution is -0.126. The molecule has 34 heavy (non-hydrogen) atoms. The first-order chi connectivity index (χ1) is 16.7. The molecule has 2 aliphatic heterocycles. The number of pyridine rings is 1. The van der Waals surface area contributed by atoms with Crippen molar-refractivity contribution in [2.45, 2.75) is 19.4 Å². The van der Waals surface area contributed by atoms with Crippen molar-refractivity contribution in [3.8, 4) is 0 Å². The zero-order valence-corrected chi connectivity index (χ0v) is 19.3. The minimum Gasteiger partial charge on any atom is -0.378 e. The SMILES string of the molecule is O=C(NCc1ccnc(N2CCOCC2)c1)[C@H]1CCCN(C(=O)c2cccc3ccccc23)C1. The maximum absolute atomic E-state index is 13.3. The molecule has 0 bridgehead atoms. The van der Waals surface area contributed by atoms with Gasteiger partial charge in [-0.25, -0.2) is 4.98 Å². The number of hydrogen-bond acceptors (Lipinski definition) is 5. The Labute approximate surface area is 199 Å². The van der Waals surface area contributed by atoms with E-state index in [2.05, 4.69) is 15.2 Å². The lowest BCUT2D eigenvalue weighted by Crippen LogP contribution is -2.45. The molecular weight excluding hydrogens is 428 g/mol. The molecule has 5 rings (SSSR count). The molecule has 7 nitrogen and oxygen atoms in total. The number of nitrogens with zero attached hydrogens (tertiary/aromatic N) is 3. The summed E-state index contributed by atoms with van der Waals surface area (Å²) in [5.41, 5.74) is 1.72. The summed E-state index contributed by atoms with van der Waals surface area (Å²) in [6, 6.07) is 17.7. The maximum Gasteiger partial charge on any atom is 0.254 e. The molecule has 1 atom stereocenters. The third kappa shape index (κ3) is 4.89. The van der Waals surface area contributed by atoms with Gasteiger partial charge in [-0.2, -0.15) is 0 Å². The van der Waals surface area contributed by atoms with Crippen molar-refractivity contribution in [2.75, 3.05) is 44.3 Å². The summed E-state index contributed by atoms with van der Waals surface area (Å²) in [4.78, 5) is 34.8. The summed E-state index contributed by atoms with van der Waals surface area (Å²) in [7, 11) is 0. The highest BCUT2D eigenvalue weighted by Gasteiger charge is 2.29. The van der Waals surface area contributed by atoms with Crippen molar-refractivity contribution >= 4 is 28.4 Å². The first-order valence-electron chi connectivity index (χ1n) is 12.0. The lowest BCUT2D eigenvalue weighted by Gasteiger charge is -2.32. The standard InChI is InChI=1S/C27H30N4O3/c32-26(29-18-20-10-11-28-25(17-20)30-13-15-34-16-14-30)22-7-4-12-31(19-22)27(33)24-9-3-6-21-5-1-2-8-23(21)24/h1-3,5-6,8-11,17,22H,4,7,12-16,18-19H2,(H,29,32)/t22-/m0/s1. The van der Waals surface area contributed by atoms with Gasteiger partial charge >= 0.3 is 0 Å². The number of hydrogen-bond donors (Lipinski definition) is 1. The van der Waals surface area contributed by atoms with Crippen LogP contribution in [0.1, 0.15) is 28.8 Å². The highest BCUT2D eigenvalue weighted by molar-refractivity contribution is 6.07. The minimum atomic E-state index is -0.201. The third-order valence-corrected chi connectivity index (χ3v) is 6.71. The van der Waals surface area contributed by atoms with E-state index < -0.39 is 0 Å². The van der Waals surface area contributed by atoms with Crippen molar-refractivity contribution < 1.29 is 14.3 Å². The smallest absolute Gasteiger partial charge is 0.254 e. The van der Waals surface area contributed by atoms with Crippen LogP contribution in [0.3, 0.4) is 0 Å². The van der Waals surface area contributed by atoms with Crippen LogP contribution in [0.4, 0.5) is 5.82 Å². The Hall–Kier alpha value is -3.45. The molecule has 7 heteroatoms. The predicted octanol–water partition coefficient (Wildman–Crippen LogP) is 3.24. The number of amides is 2. The van der Waals surface area contributed by atoms with Crippen molar-refractivity contribution in [3.05, 3.63) is 71.9 Å². The van der Waals surface area contributed by atoms with Gasteiger partial charge in [0, 0.05) is 44.5 Å². The Morgan fingerprint density at radius 3 is 2.74 bits per heavy atom. The topological polar surface area (TPSA) is 74.8 Å². The molecule has 0 saturated carbocycles. The number of piperidine rings is 1. The second kappa shape index (κ2) is 10.2. The number of anilines is 1. The Balaban J connectivity index is 1.21. The van der Waals surface area contributed by atoms with Crippen LogP contribution in [-0.4, -0.2) is 61.1 Å². The molecule has 2 aromatic carbocycles. The van der Waals surface area contributed by atoms with E-state index in [0.29, 0.717) is 38.4 Å². The summed E-state index contributed by atoms with van der Waals surface area (Å²) in [5.74, 6) is 0.714. The van der Waals surface area contributed by atoms with Gasteiger partial charge in [-0.1, -0.05) is 36.4 Å². The number of ether oxygens (including phenoxy) is 1. The van der Waals surface area contributed by atoms with Crippen molar-refractivity contribution in [1.29, 1.82) is 0 Å². The fourth-order valence-corrected chi connectivity index (χ4v) is 4.83. The summed E-state index contributed by atoms with van der Waals surface area (Å²) in [5, 5.41) is 5.08. The molecule has 2 amide bonds. The first-order valence-corrected chi connectivity index (χ1v) is 12.0. The molecule has 176 valence electrons. The molecule has 0 spiro atoms. The number of likely N-dealkylation sites (tertiary alicyclic amines) is 1. The zero-order chi connectivity index (χ0) is 23.3. The Bertz CT molecular complexity index is 1170. The number of nitrogens with one attached hydrogen (secondary N) is 1. The summed E-state index contributed by atoms with van der Waals surface area (Å²) in [6.45, 7) is 4.64. The van der Waals surface area contributed by atoms with E-state index in [9.17, 15) is 9.59 Å². The monoisotopic (exact) mass is 458 g/mol. The summed E-state index contributed by atoms with van der Waals surface area (Å²) in [6.07, 6.45) is 3.41. The molecule has 0 aliphatic carbocycles. The lowest BCUT2D eigenvalue weighted by atomic mass is 9.95. The molecule has 0 unspecified atom stereocenters. The Kier molecular flexibility index (Phi) is 6.72. The molecule has 2 saturated heterocycles. The number of carbonyl (C=O) groups is 2. The molecule has 0 radical (unpaired) electrons. The van der Waals surface area contributed by atoms with E-state index in [1.165, 1.54) is 0 Å². The molecule has 1 aromatic heterocycles. The van der Waals surface area contributed by atoms with Gasteiger partial charge in [-0.3, -0.25) is 9.59 Å². The van der Waals surface area contributed by atoms with Gasteiger partial charge in [0.15, 0.2) is 0 Å². The summed E-state index contributed by atoms with van der Waals surface area (Å²) >= 11 is 0. The van der Waals surface area contributed by atoms with Crippen LogP contribution in [0, 0.1) is 5.92 Å². The minimum absolute atomic E-state index is 0.000143. The molecule has 2 fully saturated rings. The predicted molar refractivity (Wildman–Crippen MR) is 132 cm³/mol. The van der Waals surface area contributed by atoms with Crippen LogP contribution in [0.5, 0.6) is 0 Å². The quantitative estimate of drug-likeness (QED) is 0.635.